The van der Waals surface area contributed by atoms with Crippen LogP contribution in [0.1, 0.15) is 12.7 Å². The van der Waals surface area contributed by atoms with Crippen molar-refractivity contribution < 1.29 is 4.42 Å². The highest BCUT2D eigenvalue weighted by Gasteiger charge is 2.11. The molecule has 1 aliphatic heterocycles. The zero-order valence-corrected chi connectivity index (χ0v) is 9.01. The molecule has 0 spiro atoms. The number of amidine groups is 1. The van der Waals surface area contributed by atoms with Crippen LogP contribution in [0.4, 0.5) is 0 Å². The Morgan fingerprint density at radius 2 is 2.64 bits per heavy atom. The first-order chi connectivity index (χ1) is 6.84. The van der Waals surface area contributed by atoms with Gasteiger partial charge in [0.2, 0.25) is 0 Å². The van der Waals surface area contributed by atoms with Gasteiger partial charge in [0.05, 0.1) is 12.8 Å². The van der Waals surface area contributed by atoms with E-state index in [1.807, 2.05) is 12.1 Å². The Balaban J connectivity index is 1.81. The molecule has 0 aromatic carbocycles. The van der Waals surface area contributed by atoms with Crippen LogP contribution in [0.5, 0.6) is 0 Å². The molecule has 14 heavy (non-hydrogen) atoms. The van der Waals surface area contributed by atoms with Crippen LogP contribution in [0.2, 0.25) is 0 Å². The van der Waals surface area contributed by atoms with E-state index >= 15 is 0 Å². The SMILES string of the molecule is CC1CN=C(NCc2ccco2)SC1. The molecule has 2 heterocycles. The van der Waals surface area contributed by atoms with Gasteiger partial charge in [0.15, 0.2) is 5.17 Å². The van der Waals surface area contributed by atoms with Gasteiger partial charge in [-0.05, 0) is 18.1 Å². The fourth-order valence-corrected chi connectivity index (χ4v) is 2.13. The van der Waals surface area contributed by atoms with E-state index in [1.165, 1.54) is 0 Å². The van der Waals surface area contributed by atoms with Gasteiger partial charge in [0.1, 0.15) is 5.76 Å². The van der Waals surface area contributed by atoms with Crippen molar-refractivity contribution in [3.63, 3.8) is 0 Å². The maximum absolute atomic E-state index is 5.22. The van der Waals surface area contributed by atoms with Crippen LogP contribution in [0.15, 0.2) is 27.8 Å². The molecule has 76 valence electrons. The molecular formula is C10H14N2OS. The molecule has 0 saturated heterocycles. The normalized spacial score (nSPS) is 21.8. The molecule has 1 atom stereocenters. The van der Waals surface area contributed by atoms with E-state index in [0.29, 0.717) is 5.92 Å². The molecule has 0 bridgehead atoms. The second-order valence-corrected chi connectivity index (χ2v) is 4.50. The average Bonchev–Trinajstić information content (AvgIpc) is 2.70. The Hall–Kier alpha value is -0.900. The van der Waals surface area contributed by atoms with Crippen LogP contribution >= 0.6 is 11.8 Å². The van der Waals surface area contributed by atoms with Crippen LogP contribution < -0.4 is 5.32 Å². The second kappa shape index (κ2) is 4.55. The Kier molecular flexibility index (Phi) is 3.14. The Morgan fingerprint density at radius 1 is 1.71 bits per heavy atom. The lowest BCUT2D eigenvalue weighted by Crippen LogP contribution is -2.25. The standard InChI is InChI=1S/C10H14N2OS/c1-8-5-11-10(14-7-8)12-6-9-3-2-4-13-9/h2-4,8H,5-7H2,1H3,(H,11,12). The van der Waals surface area contributed by atoms with Gasteiger partial charge in [0, 0.05) is 12.3 Å². The number of hydrogen-bond donors (Lipinski definition) is 1. The maximum atomic E-state index is 5.22. The van der Waals surface area contributed by atoms with Gasteiger partial charge in [-0.1, -0.05) is 18.7 Å². The number of rotatable bonds is 2. The molecule has 0 saturated carbocycles. The van der Waals surface area contributed by atoms with Gasteiger partial charge < -0.3 is 9.73 Å². The number of nitrogens with zero attached hydrogens (tertiary/aromatic N) is 1. The third kappa shape index (κ3) is 2.54. The quantitative estimate of drug-likeness (QED) is 0.812. The summed E-state index contributed by atoms with van der Waals surface area (Å²) in [6.45, 7) is 3.89. The maximum Gasteiger partial charge on any atom is 0.156 e. The summed E-state index contributed by atoms with van der Waals surface area (Å²) in [7, 11) is 0. The van der Waals surface area contributed by atoms with Crippen LogP contribution in [-0.2, 0) is 6.54 Å². The first-order valence-corrected chi connectivity index (χ1v) is 5.76. The third-order valence-electron chi connectivity index (χ3n) is 2.05. The molecule has 0 fully saturated rings. The summed E-state index contributed by atoms with van der Waals surface area (Å²) < 4.78 is 5.22. The number of aliphatic imine (C=N–C) groups is 1. The van der Waals surface area contributed by atoms with E-state index < -0.39 is 0 Å². The number of furan rings is 1. The third-order valence-corrected chi connectivity index (χ3v) is 3.33. The van der Waals surface area contributed by atoms with E-state index in [4.69, 9.17) is 4.42 Å². The smallest absolute Gasteiger partial charge is 0.156 e. The summed E-state index contributed by atoms with van der Waals surface area (Å²) in [5, 5.41) is 4.30. The monoisotopic (exact) mass is 210 g/mol. The predicted octanol–water partition coefficient (Wildman–Crippen LogP) is 2.11. The summed E-state index contributed by atoms with van der Waals surface area (Å²) in [4.78, 5) is 4.44. The van der Waals surface area contributed by atoms with Crippen molar-refractivity contribution >= 4 is 16.9 Å². The van der Waals surface area contributed by atoms with Crippen molar-refractivity contribution in [2.45, 2.75) is 13.5 Å². The molecule has 1 aromatic heterocycles. The van der Waals surface area contributed by atoms with E-state index in [9.17, 15) is 0 Å². The fourth-order valence-electron chi connectivity index (χ4n) is 1.24. The van der Waals surface area contributed by atoms with Crippen molar-refractivity contribution in [1.29, 1.82) is 0 Å². The van der Waals surface area contributed by atoms with Gasteiger partial charge in [-0.15, -0.1) is 0 Å². The number of hydrogen-bond acceptors (Lipinski definition) is 4. The summed E-state index contributed by atoms with van der Waals surface area (Å²) in [6.07, 6.45) is 1.69. The summed E-state index contributed by atoms with van der Waals surface area (Å²) in [6, 6.07) is 3.86. The van der Waals surface area contributed by atoms with Crippen LogP contribution in [0.25, 0.3) is 0 Å². The molecule has 1 unspecified atom stereocenters. The molecule has 1 N–H and O–H groups in total. The number of nitrogens with one attached hydrogen (secondary N) is 1. The van der Waals surface area contributed by atoms with Gasteiger partial charge in [0.25, 0.3) is 0 Å². The molecule has 2 rings (SSSR count). The van der Waals surface area contributed by atoms with Crippen molar-refractivity contribution in [3.8, 4) is 0 Å². The van der Waals surface area contributed by atoms with Crippen LogP contribution in [-0.4, -0.2) is 17.5 Å². The van der Waals surface area contributed by atoms with E-state index in [2.05, 4.69) is 17.2 Å². The molecule has 0 amide bonds. The lowest BCUT2D eigenvalue weighted by atomic mass is 10.2. The van der Waals surface area contributed by atoms with Gasteiger partial charge in [-0.25, -0.2) is 0 Å². The van der Waals surface area contributed by atoms with E-state index in [-0.39, 0.29) is 0 Å². The Bertz CT molecular complexity index is 308. The molecule has 0 aliphatic carbocycles. The van der Waals surface area contributed by atoms with Crippen molar-refractivity contribution in [2.75, 3.05) is 12.3 Å². The van der Waals surface area contributed by atoms with Gasteiger partial charge in [-0.3, -0.25) is 4.99 Å². The van der Waals surface area contributed by atoms with Crippen molar-refractivity contribution in [2.24, 2.45) is 10.9 Å². The second-order valence-electron chi connectivity index (χ2n) is 3.49. The highest BCUT2D eigenvalue weighted by Crippen LogP contribution is 2.15. The molecule has 3 nitrogen and oxygen atoms in total. The summed E-state index contributed by atoms with van der Waals surface area (Å²) in [5.41, 5.74) is 0. The predicted molar refractivity (Wildman–Crippen MR) is 59.5 cm³/mol. The Labute approximate surface area is 88.0 Å². The fraction of sp³-hybridized carbons (Fsp3) is 0.500. The molecular weight excluding hydrogens is 196 g/mol. The highest BCUT2D eigenvalue weighted by atomic mass is 32.2. The summed E-state index contributed by atoms with van der Waals surface area (Å²) in [5.74, 6) is 2.81. The minimum atomic E-state index is 0.703. The molecule has 0 radical (unpaired) electrons. The van der Waals surface area contributed by atoms with Crippen molar-refractivity contribution in [1.82, 2.24) is 5.32 Å². The minimum absolute atomic E-state index is 0.703. The molecule has 1 aliphatic rings. The van der Waals surface area contributed by atoms with Crippen molar-refractivity contribution in [3.05, 3.63) is 24.2 Å². The lowest BCUT2D eigenvalue weighted by molar-refractivity contribution is 0.503. The van der Waals surface area contributed by atoms with Gasteiger partial charge >= 0.3 is 0 Å². The van der Waals surface area contributed by atoms with E-state index in [1.54, 1.807) is 18.0 Å². The first-order valence-electron chi connectivity index (χ1n) is 4.78. The summed E-state index contributed by atoms with van der Waals surface area (Å²) >= 11 is 1.79. The highest BCUT2D eigenvalue weighted by molar-refractivity contribution is 8.13. The van der Waals surface area contributed by atoms with Crippen LogP contribution in [0, 0.1) is 5.92 Å². The van der Waals surface area contributed by atoms with Crippen LogP contribution in [0.3, 0.4) is 0 Å². The number of thioether (sulfide) groups is 1. The lowest BCUT2D eigenvalue weighted by Gasteiger charge is -2.17. The van der Waals surface area contributed by atoms with E-state index in [0.717, 1.165) is 29.8 Å². The molecule has 4 heteroatoms. The topological polar surface area (TPSA) is 37.5 Å². The average molecular weight is 210 g/mol. The first kappa shape index (κ1) is 9.65. The zero-order valence-electron chi connectivity index (χ0n) is 8.19. The molecule has 1 aromatic rings. The zero-order chi connectivity index (χ0) is 9.80. The minimum Gasteiger partial charge on any atom is -0.467 e. The largest absolute Gasteiger partial charge is 0.467 e. The van der Waals surface area contributed by atoms with Gasteiger partial charge in [-0.2, -0.15) is 0 Å². The Morgan fingerprint density at radius 3 is 3.29 bits per heavy atom.